The maximum Gasteiger partial charge on any atom is 0.346 e. The first-order chi connectivity index (χ1) is 10.1. The lowest BCUT2D eigenvalue weighted by Gasteiger charge is -2.06. The Labute approximate surface area is 120 Å². The first-order valence-corrected chi connectivity index (χ1v) is 6.24. The molecule has 7 heteroatoms. The van der Waals surface area contributed by atoms with Gasteiger partial charge in [0.25, 0.3) is 5.91 Å². The first kappa shape index (κ1) is 14.9. The van der Waals surface area contributed by atoms with Crippen LogP contribution in [0.4, 0.5) is 4.39 Å². The molecule has 0 bridgehead atoms. The minimum Gasteiger partial charge on any atom is -0.383 e. The van der Waals surface area contributed by atoms with Gasteiger partial charge in [0.05, 0.1) is 12.3 Å². The number of nitrogens with zero attached hydrogens (tertiary/aromatic N) is 1. The van der Waals surface area contributed by atoms with Crippen molar-refractivity contribution in [2.75, 3.05) is 20.3 Å². The number of carbonyl (C=O) groups excluding carboxylic acids is 1. The SMILES string of the molecule is COCCNC(=O)c1cc(-c2ccc(F)cc2)nc(=O)[nH]1. The number of amides is 1. The van der Waals surface area contributed by atoms with Crippen molar-refractivity contribution in [1.29, 1.82) is 0 Å². The maximum atomic E-state index is 12.9. The van der Waals surface area contributed by atoms with E-state index in [2.05, 4.69) is 15.3 Å². The van der Waals surface area contributed by atoms with E-state index in [-0.39, 0.29) is 11.5 Å². The van der Waals surface area contributed by atoms with Crippen molar-refractivity contribution in [3.8, 4) is 11.3 Å². The fourth-order valence-corrected chi connectivity index (χ4v) is 1.71. The Balaban J connectivity index is 2.27. The van der Waals surface area contributed by atoms with Crippen molar-refractivity contribution in [2.24, 2.45) is 0 Å². The predicted octanol–water partition coefficient (Wildman–Crippen LogP) is 0.952. The van der Waals surface area contributed by atoms with E-state index in [9.17, 15) is 14.0 Å². The summed E-state index contributed by atoms with van der Waals surface area (Å²) in [6, 6.07) is 6.94. The van der Waals surface area contributed by atoms with Crippen LogP contribution in [0.3, 0.4) is 0 Å². The highest BCUT2D eigenvalue weighted by atomic mass is 19.1. The van der Waals surface area contributed by atoms with Crippen molar-refractivity contribution in [1.82, 2.24) is 15.3 Å². The Bertz CT molecular complexity index is 683. The summed E-state index contributed by atoms with van der Waals surface area (Å²) in [7, 11) is 1.52. The van der Waals surface area contributed by atoms with Gasteiger partial charge in [0, 0.05) is 19.2 Å². The molecule has 0 atom stereocenters. The number of hydrogen-bond donors (Lipinski definition) is 2. The third-order valence-corrected chi connectivity index (χ3v) is 2.72. The molecular weight excluding hydrogens is 277 g/mol. The highest BCUT2D eigenvalue weighted by molar-refractivity contribution is 5.93. The van der Waals surface area contributed by atoms with Crippen molar-refractivity contribution in [2.45, 2.75) is 0 Å². The van der Waals surface area contributed by atoms with Gasteiger partial charge in [-0.1, -0.05) is 0 Å². The molecule has 1 amide bonds. The third kappa shape index (κ3) is 3.96. The highest BCUT2D eigenvalue weighted by Crippen LogP contribution is 2.16. The number of hydrogen-bond acceptors (Lipinski definition) is 4. The summed E-state index contributed by atoms with van der Waals surface area (Å²) in [6.07, 6.45) is 0. The van der Waals surface area contributed by atoms with E-state index in [1.54, 1.807) is 0 Å². The molecule has 1 aromatic heterocycles. The summed E-state index contributed by atoms with van der Waals surface area (Å²) in [5, 5.41) is 2.59. The number of aromatic amines is 1. The minimum absolute atomic E-state index is 0.0884. The maximum absolute atomic E-state index is 12.9. The molecule has 1 heterocycles. The molecule has 2 aromatic rings. The standard InChI is InChI=1S/C14H14FN3O3/c1-21-7-6-16-13(19)12-8-11(17-14(20)18-12)9-2-4-10(15)5-3-9/h2-5,8H,6-7H2,1H3,(H,16,19)(H,17,18,20). The Morgan fingerprint density at radius 1 is 1.38 bits per heavy atom. The van der Waals surface area contributed by atoms with Crippen LogP contribution in [0.25, 0.3) is 11.3 Å². The van der Waals surface area contributed by atoms with Crippen LogP contribution in [0.15, 0.2) is 35.1 Å². The van der Waals surface area contributed by atoms with E-state index in [1.807, 2.05) is 0 Å². The summed E-state index contributed by atoms with van der Waals surface area (Å²) in [5.74, 6) is -0.823. The quantitative estimate of drug-likeness (QED) is 0.803. The smallest absolute Gasteiger partial charge is 0.346 e. The van der Waals surface area contributed by atoms with Gasteiger partial charge in [0.2, 0.25) is 0 Å². The number of methoxy groups -OCH3 is 1. The van der Waals surface area contributed by atoms with Crippen molar-refractivity contribution in [3.05, 3.63) is 52.3 Å². The third-order valence-electron chi connectivity index (χ3n) is 2.72. The molecule has 6 nitrogen and oxygen atoms in total. The number of ether oxygens (including phenoxy) is 1. The zero-order chi connectivity index (χ0) is 15.2. The van der Waals surface area contributed by atoms with Gasteiger partial charge < -0.3 is 15.0 Å². The van der Waals surface area contributed by atoms with Crippen LogP contribution in [0, 0.1) is 5.82 Å². The van der Waals surface area contributed by atoms with Crippen molar-refractivity contribution < 1.29 is 13.9 Å². The van der Waals surface area contributed by atoms with Crippen molar-refractivity contribution >= 4 is 5.91 Å². The molecule has 21 heavy (non-hydrogen) atoms. The van der Waals surface area contributed by atoms with Gasteiger partial charge in [-0.2, -0.15) is 4.98 Å². The second-order valence-corrected chi connectivity index (χ2v) is 4.24. The molecule has 0 fully saturated rings. The lowest BCUT2D eigenvalue weighted by atomic mass is 10.1. The molecule has 0 aliphatic heterocycles. The minimum atomic E-state index is -0.645. The summed E-state index contributed by atoms with van der Waals surface area (Å²) in [4.78, 5) is 29.6. The zero-order valence-corrected chi connectivity index (χ0v) is 11.4. The van der Waals surface area contributed by atoms with Gasteiger partial charge in [-0.3, -0.25) is 4.79 Å². The van der Waals surface area contributed by atoms with Crippen LogP contribution in [-0.2, 0) is 4.74 Å². The molecule has 0 aliphatic carbocycles. The number of aromatic nitrogens is 2. The summed E-state index contributed by atoms with van der Waals surface area (Å²) in [6.45, 7) is 0.692. The Morgan fingerprint density at radius 2 is 2.10 bits per heavy atom. The molecule has 2 N–H and O–H groups in total. The van der Waals surface area contributed by atoms with E-state index in [4.69, 9.17) is 4.74 Å². The second kappa shape index (κ2) is 6.76. The topological polar surface area (TPSA) is 84.1 Å². The van der Waals surface area contributed by atoms with Gasteiger partial charge in [-0.15, -0.1) is 0 Å². The molecule has 0 radical (unpaired) electrons. The summed E-state index contributed by atoms with van der Waals surface area (Å²) >= 11 is 0. The normalized spacial score (nSPS) is 10.4. The van der Waals surface area contributed by atoms with Crippen molar-refractivity contribution in [3.63, 3.8) is 0 Å². The molecular formula is C14H14FN3O3. The van der Waals surface area contributed by atoms with Gasteiger partial charge in [0.15, 0.2) is 0 Å². The molecule has 2 rings (SSSR count). The molecule has 0 spiro atoms. The van der Waals surface area contributed by atoms with Gasteiger partial charge in [-0.05, 0) is 30.3 Å². The average Bonchev–Trinajstić information content (AvgIpc) is 2.47. The van der Waals surface area contributed by atoms with E-state index in [1.165, 1.54) is 37.4 Å². The molecule has 0 saturated heterocycles. The Kier molecular flexibility index (Phi) is 4.78. The largest absolute Gasteiger partial charge is 0.383 e. The second-order valence-electron chi connectivity index (χ2n) is 4.24. The van der Waals surface area contributed by atoms with Gasteiger partial charge in [0.1, 0.15) is 11.5 Å². The van der Waals surface area contributed by atoms with E-state index in [0.29, 0.717) is 24.4 Å². The van der Waals surface area contributed by atoms with Gasteiger partial charge in [-0.25, -0.2) is 9.18 Å². The fraction of sp³-hybridized carbons (Fsp3) is 0.214. The lowest BCUT2D eigenvalue weighted by Crippen LogP contribution is -2.29. The van der Waals surface area contributed by atoms with E-state index < -0.39 is 11.6 Å². The van der Waals surface area contributed by atoms with Gasteiger partial charge >= 0.3 is 5.69 Å². The molecule has 1 aromatic carbocycles. The Morgan fingerprint density at radius 3 is 2.76 bits per heavy atom. The van der Waals surface area contributed by atoms with E-state index >= 15 is 0 Å². The summed E-state index contributed by atoms with van der Waals surface area (Å²) < 4.78 is 17.7. The van der Waals surface area contributed by atoms with Crippen LogP contribution >= 0.6 is 0 Å². The zero-order valence-electron chi connectivity index (χ0n) is 11.4. The lowest BCUT2D eigenvalue weighted by molar-refractivity contribution is 0.0931. The number of benzene rings is 1. The molecule has 0 saturated carbocycles. The number of carbonyl (C=O) groups is 1. The Hall–Kier alpha value is -2.54. The molecule has 0 aliphatic rings. The van der Waals surface area contributed by atoms with Crippen LogP contribution in [-0.4, -0.2) is 36.1 Å². The molecule has 0 unspecified atom stereocenters. The predicted molar refractivity (Wildman–Crippen MR) is 74.5 cm³/mol. The summed E-state index contributed by atoms with van der Waals surface area (Å²) in [5.41, 5.74) is 0.295. The van der Waals surface area contributed by atoms with Crippen LogP contribution in [0.2, 0.25) is 0 Å². The number of halogens is 1. The number of H-pyrrole nitrogens is 1. The number of nitrogens with one attached hydrogen (secondary N) is 2. The monoisotopic (exact) mass is 291 g/mol. The van der Waals surface area contributed by atoms with E-state index in [0.717, 1.165) is 0 Å². The highest BCUT2D eigenvalue weighted by Gasteiger charge is 2.10. The van der Waals surface area contributed by atoms with Crippen LogP contribution in [0.1, 0.15) is 10.5 Å². The molecule has 110 valence electrons. The number of rotatable bonds is 5. The van der Waals surface area contributed by atoms with Crippen LogP contribution in [0.5, 0.6) is 0 Å². The average molecular weight is 291 g/mol. The fourth-order valence-electron chi connectivity index (χ4n) is 1.71. The van der Waals surface area contributed by atoms with Crippen LogP contribution < -0.4 is 11.0 Å². The first-order valence-electron chi connectivity index (χ1n) is 6.24.